The number of fused-ring (bicyclic) bond motifs is 1. The Hall–Kier alpha value is -1.10. The van der Waals surface area contributed by atoms with E-state index < -0.39 is 11.9 Å². The molecule has 0 spiro atoms. The minimum atomic E-state index is -0.816. The van der Waals surface area contributed by atoms with E-state index in [1.165, 1.54) is 0 Å². The number of aromatic nitrogens is 1. The number of aliphatic carboxylic acids is 1. The molecule has 5 heteroatoms. The molecule has 3 rings (SSSR count). The van der Waals surface area contributed by atoms with Crippen molar-refractivity contribution in [3.63, 3.8) is 0 Å². The van der Waals surface area contributed by atoms with Crippen molar-refractivity contribution in [1.82, 2.24) is 4.57 Å². The quantitative estimate of drug-likeness (QED) is 0.694. The van der Waals surface area contributed by atoms with Gasteiger partial charge in [-0.15, -0.1) is 0 Å². The maximum atomic E-state index is 12.6. The first kappa shape index (κ1) is 17.3. The molecule has 0 saturated carbocycles. The molecular formula is C17H19CaNO3. The van der Waals surface area contributed by atoms with E-state index in [2.05, 4.69) is 0 Å². The van der Waals surface area contributed by atoms with E-state index in [9.17, 15) is 14.7 Å². The number of hydrogen-bond acceptors (Lipinski definition) is 2. The number of carboxylic acids is 1. The molecule has 0 bridgehead atoms. The topological polar surface area (TPSA) is 59.3 Å². The van der Waals surface area contributed by atoms with Crippen LogP contribution in [0.2, 0.25) is 0 Å². The first-order chi connectivity index (χ1) is 10.1. The second kappa shape index (κ2) is 6.99. The van der Waals surface area contributed by atoms with Crippen molar-refractivity contribution < 1.29 is 14.7 Å². The van der Waals surface area contributed by atoms with Crippen LogP contribution in [0.1, 0.15) is 46.1 Å². The van der Waals surface area contributed by atoms with Gasteiger partial charge in [0.1, 0.15) is 0 Å². The number of carbonyl (C=O) groups excluding carboxylic acids is 1. The van der Waals surface area contributed by atoms with Crippen molar-refractivity contribution in [2.45, 2.75) is 32.2 Å². The minimum absolute atomic E-state index is 0. The summed E-state index contributed by atoms with van der Waals surface area (Å²) in [5.41, 5.74) is 3.07. The summed E-state index contributed by atoms with van der Waals surface area (Å²) < 4.78 is 1.87. The van der Waals surface area contributed by atoms with Gasteiger partial charge in [-0.25, -0.2) is 0 Å². The van der Waals surface area contributed by atoms with Gasteiger partial charge in [0.25, 0.3) is 0 Å². The molecule has 0 fully saturated rings. The standard InChI is InChI=1S/C17H17NO3.Ca.2H/c1-11-4-6-12(7-5-11)16(19)15-9-8-14-13(17(20)21)3-2-10-18(14)15;;;/h4-9,13H,2-3,10H2,1H3,(H,20,21);;;. The third-order valence-corrected chi connectivity index (χ3v) is 4.09. The molecule has 4 nitrogen and oxygen atoms in total. The first-order valence-corrected chi connectivity index (χ1v) is 7.11. The molecule has 1 N–H and O–H groups in total. The van der Waals surface area contributed by atoms with Crippen molar-refractivity contribution in [3.8, 4) is 0 Å². The molecule has 0 aliphatic carbocycles. The first-order valence-electron chi connectivity index (χ1n) is 7.11. The summed E-state index contributed by atoms with van der Waals surface area (Å²) in [6.07, 6.45) is 1.42. The second-order valence-electron chi connectivity index (χ2n) is 5.52. The number of benzene rings is 1. The van der Waals surface area contributed by atoms with E-state index in [1.54, 1.807) is 12.1 Å². The maximum absolute atomic E-state index is 12.6. The second-order valence-corrected chi connectivity index (χ2v) is 5.52. The fraction of sp³-hybridized carbons (Fsp3) is 0.294. The molecule has 2 aromatic rings. The summed E-state index contributed by atoms with van der Waals surface area (Å²) in [6, 6.07) is 11.0. The zero-order chi connectivity index (χ0) is 15.0. The van der Waals surface area contributed by atoms with Crippen molar-refractivity contribution in [1.29, 1.82) is 0 Å². The average molecular weight is 325 g/mol. The van der Waals surface area contributed by atoms with Crippen LogP contribution < -0.4 is 0 Å². The van der Waals surface area contributed by atoms with Crippen LogP contribution in [-0.2, 0) is 11.3 Å². The summed E-state index contributed by atoms with van der Waals surface area (Å²) in [5.74, 6) is -1.37. The Morgan fingerprint density at radius 2 is 1.82 bits per heavy atom. The normalized spacial score (nSPS) is 16.5. The van der Waals surface area contributed by atoms with Crippen LogP contribution in [0.3, 0.4) is 0 Å². The molecule has 1 unspecified atom stereocenters. The molecule has 1 atom stereocenters. The van der Waals surface area contributed by atoms with E-state index in [0.717, 1.165) is 17.7 Å². The molecule has 1 aromatic heterocycles. The zero-order valence-corrected chi connectivity index (χ0v) is 11.9. The molecular weight excluding hydrogens is 306 g/mol. The molecule has 0 amide bonds. The van der Waals surface area contributed by atoms with Crippen LogP contribution in [0.5, 0.6) is 0 Å². The van der Waals surface area contributed by atoms with Crippen LogP contribution >= 0.6 is 0 Å². The molecule has 2 heterocycles. The van der Waals surface area contributed by atoms with Gasteiger partial charge in [0.15, 0.2) is 0 Å². The molecule has 1 aliphatic heterocycles. The Morgan fingerprint density at radius 3 is 2.45 bits per heavy atom. The van der Waals surface area contributed by atoms with Gasteiger partial charge < -0.3 is 9.67 Å². The van der Waals surface area contributed by atoms with Gasteiger partial charge >= 0.3 is 43.7 Å². The molecule has 112 valence electrons. The predicted octanol–water partition coefficient (Wildman–Crippen LogP) is 2.07. The van der Waals surface area contributed by atoms with Crippen LogP contribution in [-0.4, -0.2) is 59.2 Å². The van der Waals surface area contributed by atoms with Crippen molar-refractivity contribution in [2.75, 3.05) is 0 Å². The molecule has 0 saturated heterocycles. The number of carboxylic acid groups (broad SMARTS) is 1. The summed E-state index contributed by atoms with van der Waals surface area (Å²) in [4.78, 5) is 23.9. The van der Waals surface area contributed by atoms with Crippen LogP contribution in [0, 0.1) is 6.92 Å². The SMILES string of the molecule is Cc1ccc(C(=O)c2ccc3n2CCCC3C(=O)O)cc1.[CaH2]. The molecule has 0 radical (unpaired) electrons. The van der Waals surface area contributed by atoms with Gasteiger partial charge in [-0.05, 0) is 31.9 Å². The number of nitrogens with zero attached hydrogens (tertiary/aromatic N) is 1. The van der Waals surface area contributed by atoms with Crippen LogP contribution in [0.25, 0.3) is 0 Å². The van der Waals surface area contributed by atoms with E-state index in [0.29, 0.717) is 24.2 Å². The predicted molar refractivity (Wildman–Crippen MR) is 87.2 cm³/mol. The number of aryl methyl sites for hydroxylation is 1. The van der Waals surface area contributed by atoms with Gasteiger partial charge in [-0.2, -0.15) is 0 Å². The summed E-state index contributed by atoms with van der Waals surface area (Å²) in [6.45, 7) is 2.68. The van der Waals surface area contributed by atoms with Crippen LogP contribution in [0.4, 0.5) is 0 Å². The third kappa shape index (κ3) is 3.14. The Bertz CT molecular complexity index is 703. The number of rotatable bonds is 3. The van der Waals surface area contributed by atoms with Crippen molar-refractivity contribution in [3.05, 3.63) is 58.9 Å². The van der Waals surface area contributed by atoms with Gasteiger partial charge in [0.2, 0.25) is 5.78 Å². The fourth-order valence-corrected chi connectivity index (χ4v) is 2.94. The van der Waals surface area contributed by atoms with Crippen molar-refractivity contribution >= 4 is 49.5 Å². The Labute approximate surface area is 159 Å². The zero-order valence-electron chi connectivity index (χ0n) is 11.9. The van der Waals surface area contributed by atoms with Crippen LogP contribution in [0.15, 0.2) is 36.4 Å². The van der Waals surface area contributed by atoms with E-state index in [1.807, 2.05) is 35.8 Å². The number of ketones is 1. The number of hydrogen-bond donors (Lipinski definition) is 1. The average Bonchev–Trinajstić information content (AvgIpc) is 2.90. The molecule has 1 aliphatic rings. The summed E-state index contributed by atoms with van der Waals surface area (Å²) in [7, 11) is 0. The van der Waals surface area contributed by atoms with Gasteiger partial charge in [0, 0.05) is 17.8 Å². The monoisotopic (exact) mass is 325 g/mol. The Morgan fingerprint density at radius 1 is 1.14 bits per heavy atom. The summed E-state index contributed by atoms with van der Waals surface area (Å²) in [5, 5.41) is 9.28. The van der Waals surface area contributed by atoms with E-state index in [-0.39, 0.29) is 43.5 Å². The third-order valence-electron chi connectivity index (χ3n) is 4.09. The van der Waals surface area contributed by atoms with Crippen molar-refractivity contribution in [2.24, 2.45) is 0 Å². The van der Waals surface area contributed by atoms with Gasteiger partial charge in [0.05, 0.1) is 11.6 Å². The van der Waals surface area contributed by atoms with Gasteiger partial charge in [-0.1, -0.05) is 29.8 Å². The van der Waals surface area contributed by atoms with Gasteiger partial charge in [-0.3, -0.25) is 9.59 Å². The Kier molecular flexibility index (Phi) is 5.48. The molecule has 22 heavy (non-hydrogen) atoms. The summed E-state index contributed by atoms with van der Waals surface area (Å²) >= 11 is 0. The Balaban J connectivity index is 0.00000176. The molecule has 1 aromatic carbocycles. The van der Waals surface area contributed by atoms with E-state index in [4.69, 9.17) is 0 Å². The fourth-order valence-electron chi connectivity index (χ4n) is 2.94. The van der Waals surface area contributed by atoms with E-state index >= 15 is 0 Å². The number of carbonyl (C=O) groups is 2.